The van der Waals surface area contributed by atoms with Crippen LogP contribution in [0.5, 0.6) is 0 Å². The molecule has 0 N–H and O–H groups in total. The molecular weight excluding hydrogens is 1390 g/mol. The Kier molecular flexibility index (Phi) is 19.3. The number of rotatable bonds is 9. The maximum absolute atomic E-state index is 10.0. The number of aryl methyl sites for hydroxylation is 2. The minimum Gasteiger partial charge on any atom is -0.309 e. The van der Waals surface area contributed by atoms with Crippen LogP contribution >= 0.6 is 9.12 Å². The first-order valence-electron chi connectivity index (χ1n) is 37.8. The molecule has 0 saturated heterocycles. The molecule has 113 heavy (non-hydrogen) atoms. The second-order valence-corrected chi connectivity index (χ2v) is 28.8. The molecule has 21 aromatic rings. The van der Waals surface area contributed by atoms with Gasteiger partial charge in [-0.15, -0.1) is 0 Å². The van der Waals surface area contributed by atoms with Gasteiger partial charge in [0, 0.05) is 88.9 Å². The standard InChI is InChI=1S/C38H24N4.C37H23N3.C26H20N2.CH5BP/c1-3-9-30-23-32(20-14-25(30)7-1)37-40-36(41-38(42-37)33-21-15-26-8-2-4-10-31(26)24-33)29-18-16-27(17-19-29)34-13-5-11-28-12-6-22-39-35(28)34;38-24-25-20-27(23-29(21-25)40-36-18-7-3-14-32(36)33-15-4-8-19-37(33)40)26-10-9-11-28(22-26)39-34-16-5-1-12-30(34)31-13-2-6-17-35(31)39;1-17-15-23(19-9-5-3-6-10-19)21-13-14-22-24(20-11-7-4-8-12-20)16-18(2)28-26(22)25(21)27-17;1-2-3/h1-24H;1-23H;3-16H,1-2H3;3H2,1H3. The zero-order chi connectivity index (χ0) is 76.3. The largest absolute Gasteiger partial charge is 0.309 e. The third kappa shape index (κ3) is 13.9. The van der Waals surface area contributed by atoms with E-state index in [1.165, 1.54) is 65.6 Å². The minimum absolute atomic E-state index is 0.636. The number of para-hydroxylation sites is 5. The maximum Gasteiger partial charge on any atom is 0.164 e. The number of hydrogen-bond donors (Lipinski definition) is 0. The molecule has 1 unspecified atom stereocenters. The van der Waals surface area contributed by atoms with E-state index in [1.807, 2.05) is 50.4 Å². The third-order valence-electron chi connectivity index (χ3n) is 20.8. The predicted octanol–water partition coefficient (Wildman–Crippen LogP) is 26.1. The zero-order valence-electron chi connectivity index (χ0n) is 62.4. The molecule has 1 radical (unpaired) electrons. The van der Waals surface area contributed by atoms with Crippen molar-refractivity contribution in [2.45, 2.75) is 20.7 Å². The number of pyridine rings is 3. The molecule has 0 saturated carbocycles. The van der Waals surface area contributed by atoms with Crippen molar-refractivity contribution in [2.75, 3.05) is 0 Å². The van der Waals surface area contributed by atoms with E-state index in [9.17, 15) is 5.26 Å². The Balaban J connectivity index is 0.000000118. The molecule has 533 valence electrons. The normalized spacial score (nSPS) is 11.2. The molecule has 0 aliphatic rings. The lowest BCUT2D eigenvalue weighted by molar-refractivity contribution is 1.08. The van der Waals surface area contributed by atoms with Crippen molar-refractivity contribution >= 4 is 114 Å². The van der Waals surface area contributed by atoms with Gasteiger partial charge in [-0.2, -0.15) is 14.4 Å². The average molecular weight is 1470 g/mol. The van der Waals surface area contributed by atoms with E-state index < -0.39 is 0 Å². The van der Waals surface area contributed by atoms with Gasteiger partial charge in [-0.1, -0.05) is 286 Å². The summed E-state index contributed by atoms with van der Waals surface area (Å²) in [4.78, 5) is 29.4. The van der Waals surface area contributed by atoms with Crippen LogP contribution in [0.25, 0.3) is 188 Å². The summed E-state index contributed by atoms with van der Waals surface area (Å²) in [6, 6.07) is 129. The fourth-order valence-corrected chi connectivity index (χ4v) is 15.7. The number of aromatic nitrogens is 8. The van der Waals surface area contributed by atoms with E-state index in [0.717, 1.165) is 116 Å². The lowest BCUT2D eigenvalue weighted by atomic mass is 9.95. The molecule has 15 aromatic carbocycles. The SMILES string of the molecule is C[B]P.Cc1cc(-c2ccccc2)c2ccc3c(-c4ccccc4)cc(C)nc3c2n1.N#Cc1cc(-c2cccc(-n3c4ccccc4c4ccccc43)c2)cc(-n2c3ccccc3c3ccccc32)c1.c1ccc2cc(-c3nc(-c4ccc(-c5cccc6cccnc56)cc4)nc(-c4ccc5ccccc5c4)n3)ccc2c1. The molecule has 0 aliphatic heterocycles. The topological polar surface area (TPSA) is 111 Å². The highest BCUT2D eigenvalue weighted by atomic mass is 31.0. The van der Waals surface area contributed by atoms with Gasteiger partial charge in [0.05, 0.1) is 50.2 Å². The molecule has 11 heteroatoms. The van der Waals surface area contributed by atoms with Crippen LogP contribution in [-0.2, 0) is 0 Å². The van der Waals surface area contributed by atoms with Crippen LogP contribution in [0.1, 0.15) is 17.0 Å². The third-order valence-corrected chi connectivity index (χ3v) is 20.8. The van der Waals surface area contributed by atoms with E-state index in [0.29, 0.717) is 23.0 Å². The highest BCUT2D eigenvalue weighted by molar-refractivity contribution is 7.55. The van der Waals surface area contributed by atoms with E-state index in [1.54, 1.807) is 0 Å². The Morgan fingerprint density at radius 3 is 1.18 bits per heavy atom. The summed E-state index contributed by atoms with van der Waals surface area (Å²) in [5.74, 6) is 1.94. The number of nitrogens with zero attached hydrogens (tertiary/aromatic N) is 9. The molecule has 9 nitrogen and oxygen atoms in total. The van der Waals surface area contributed by atoms with Crippen molar-refractivity contribution in [3.8, 4) is 96.1 Å². The van der Waals surface area contributed by atoms with Crippen LogP contribution in [0, 0.1) is 25.2 Å². The predicted molar refractivity (Wildman–Crippen MR) is 476 cm³/mol. The van der Waals surface area contributed by atoms with E-state index in [-0.39, 0.29) is 0 Å². The number of nitriles is 1. The first-order valence-corrected chi connectivity index (χ1v) is 38.5. The summed E-state index contributed by atoms with van der Waals surface area (Å²) in [6.07, 6.45) is 1.84. The molecule has 6 heterocycles. The first kappa shape index (κ1) is 70.3. The summed E-state index contributed by atoms with van der Waals surface area (Å²) >= 11 is 0. The van der Waals surface area contributed by atoms with Crippen LogP contribution < -0.4 is 0 Å². The summed E-state index contributed by atoms with van der Waals surface area (Å²) in [7, 11) is 2.45. The lowest BCUT2D eigenvalue weighted by Gasteiger charge is -2.13. The quantitative estimate of drug-likeness (QED) is 0.0804. The van der Waals surface area contributed by atoms with Gasteiger partial charge in [-0.05, 0) is 159 Å². The van der Waals surface area contributed by atoms with Gasteiger partial charge in [-0.3, -0.25) is 15.0 Å². The second kappa shape index (κ2) is 31.0. The van der Waals surface area contributed by atoms with Crippen molar-refractivity contribution < 1.29 is 0 Å². The summed E-state index contributed by atoms with van der Waals surface area (Å²) in [5.41, 5.74) is 24.2. The van der Waals surface area contributed by atoms with Gasteiger partial charge in [0.15, 0.2) is 17.5 Å². The number of fused-ring (bicyclic) bond motifs is 12. The Bertz CT molecular complexity index is 6920. The molecule has 0 aliphatic carbocycles. The highest BCUT2D eigenvalue weighted by Crippen LogP contribution is 2.40. The fourth-order valence-electron chi connectivity index (χ4n) is 15.7. The summed E-state index contributed by atoms with van der Waals surface area (Å²) < 4.78 is 4.60. The van der Waals surface area contributed by atoms with Crippen molar-refractivity contribution in [3.05, 3.63) is 387 Å². The maximum atomic E-state index is 10.0. The van der Waals surface area contributed by atoms with Crippen molar-refractivity contribution in [1.82, 2.24) is 39.0 Å². The zero-order valence-corrected chi connectivity index (χ0v) is 63.6. The van der Waals surface area contributed by atoms with Crippen LogP contribution in [-0.4, -0.2) is 46.0 Å². The average Bonchev–Trinajstić information content (AvgIpc) is 1.74. The van der Waals surface area contributed by atoms with E-state index in [4.69, 9.17) is 24.9 Å². The van der Waals surface area contributed by atoms with Crippen molar-refractivity contribution in [1.29, 1.82) is 5.26 Å². The van der Waals surface area contributed by atoms with Gasteiger partial charge < -0.3 is 9.13 Å². The molecule has 0 fully saturated rings. The molecule has 1 atom stereocenters. The van der Waals surface area contributed by atoms with Gasteiger partial charge in [0.1, 0.15) is 7.00 Å². The molecule has 0 spiro atoms. The van der Waals surface area contributed by atoms with Crippen LogP contribution in [0.15, 0.2) is 370 Å². The minimum atomic E-state index is 0.636. The lowest BCUT2D eigenvalue weighted by Crippen LogP contribution is -2.00. The number of hydrogen-bond acceptors (Lipinski definition) is 7. The smallest absolute Gasteiger partial charge is 0.164 e. The van der Waals surface area contributed by atoms with E-state index >= 15 is 0 Å². The van der Waals surface area contributed by atoms with Gasteiger partial charge in [-0.25, -0.2) is 15.0 Å². The first-order chi connectivity index (χ1) is 55.7. The fraction of sp³-hybridized carbons (Fsp3) is 0.0294. The molecule has 0 bridgehead atoms. The Morgan fingerprint density at radius 2 is 0.673 bits per heavy atom. The monoisotopic (exact) mass is 1460 g/mol. The molecule has 21 rings (SSSR count). The van der Waals surface area contributed by atoms with Gasteiger partial charge in [0.25, 0.3) is 0 Å². The Morgan fingerprint density at radius 1 is 0.283 bits per heavy atom. The van der Waals surface area contributed by atoms with E-state index in [2.05, 4.69) is 377 Å². The molecular formula is C102H72BN9P. The number of benzene rings is 15. The summed E-state index contributed by atoms with van der Waals surface area (Å²) in [6.45, 7) is 7.99. The highest BCUT2D eigenvalue weighted by Gasteiger charge is 2.20. The Labute approximate surface area is 657 Å². The van der Waals surface area contributed by atoms with Crippen LogP contribution in [0.4, 0.5) is 0 Å². The van der Waals surface area contributed by atoms with Crippen LogP contribution in [0.2, 0.25) is 6.82 Å². The van der Waals surface area contributed by atoms with Crippen molar-refractivity contribution in [2.24, 2.45) is 0 Å². The van der Waals surface area contributed by atoms with Crippen LogP contribution in [0.3, 0.4) is 0 Å². The van der Waals surface area contributed by atoms with Gasteiger partial charge >= 0.3 is 0 Å². The Hall–Kier alpha value is -14.4. The molecule has 6 aromatic heterocycles. The van der Waals surface area contributed by atoms with Gasteiger partial charge in [0.2, 0.25) is 0 Å². The summed E-state index contributed by atoms with van der Waals surface area (Å²) in [5, 5.41) is 23.0. The van der Waals surface area contributed by atoms with Crippen molar-refractivity contribution in [3.63, 3.8) is 0 Å². The second-order valence-electron chi connectivity index (χ2n) is 28.1. The molecule has 0 amide bonds.